The minimum atomic E-state index is -0.829. The summed E-state index contributed by atoms with van der Waals surface area (Å²) < 4.78 is 10.2. The topological polar surface area (TPSA) is 55.8 Å². The number of benzene rings is 1. The Kier molecular flexibility index (Phi) is 5.30. The maximum atomic E-state index is 12.5. The summed E-state index contributed by atoms with van der Waals surface area (Å²) in [4.78, 5) is 26.5. The molecule has 0 saturated carbocycles. The zero-order valence-corrected chi connectivity index (χ0v) is 16.3. The lowest BCUT2D eigenvalue weighted by molar-refractivity contribution is -0.114. The van der Waals surface area contributed by atoms with E-state index in [2.05, 4.69) is 4.74 Å². The van der Waals surface area contributed by atoms with Gasteiger partial charge in [0.1, 0.15) is 5.76 Å². The smallest absolute Gasteiger partial charge is 0.437 e. The highest BCUT2D eigenvalue weighted by Crippen LogP contribution is 2.48. The van der Waals surface area contributed by atoms with E-state index < -0.39 is 12.1 Å². The van der Waals surface area contributed by atoms with Crippen LogP contribution in [0.1, 0.15) is 38.2 Å². The Bertz CT molecular complexity index is 844. The van der Waals surface area contributed by atoms with Gasteiger partial charge in [-0.1, -0.05) is 35.3 Å². The third kappa shape index (κ3) is 3.10. The molecule has 26 heavy (non-hydrogen) atoms. The number of hydrogen-bond acceptors (Lipinski definition) is 5. The van der Waals surface area contributed by atoms with E-state index in [1.807, 2.05) is 11.8 Å². The molecule has 0 aliphatic carbocycles. The van der Waals surface area contributed by atoms with E-state index in [0.29, 0.717) is 26.9 Å². The number of nitrogens with zero attached hydrogens (tertiary/aromatic N) is 1. The molecule has 1 aromatic carbocycles. The lowest BCUT2D eigenvalue weighted by Crippen LogP contribution is -2.31. The molecule has 1 unspecified atom stereocenters. The first-order chi connectivity index (χ1) is 12.4. The number of rotatable bonds is 3. The van der Waals surface area contributed by atoms with E-state index >= 15 is 0 Å². The van der Waals surface area contributed by atoms with E-state index in [1.54, 1.807) is 18.2 Å². The number of carbonyl (C=O) groups excluding carboxylic acids is 2. The van der Waals surface area contributed by atoms with E-state index in [-0.39, 0.29) is 5.78 Å². The molecule has 0 aromatic heterocycles. The minimum Gasteiger partial charge on any atom is -0.437 e. The van der Waals surface area contributed by atoms with Gasteiger partial charge in [-0.05, 0) is 38.3 Å². The number of hydrogen-bond donors (Lipinski definition) is 0. The summed E-state index contributed by atoms with van der Waals surface area (Å²) in [5, 5.41) is 0.713. The first kappa shape index (κ1) is 18.8. The predicted molar refractivity (Wildman–Crippen MR) is 99.0 cm³/mol. The highest BCUT2D eigenvalue weighted by molar-refractivity contribution is 6.42. The van der Waals surface area contributed by atoms with Crippen LogP contribution in [0, 0.1) is 0 Å². The molecule has 0 amide bonds. The van der Waals surface area contributed by atoms with E-state index in [1.165, 1.54) is 14.0 Å². The first-order valence-electron chi connectivity index (χ1n) is 8.28. The average molecular weight is 396 g/mol. The van der Waals surface area contributed by atoms with Gasteiger partial charge in [0.15, 0.2) is 5.78 Å². The van der Waals surface area contributed by atoms with Gasteiger partial charge in [0.25, 0.3) is 0 Å². The molecule has 0 N–H and O–H groups in total. The molecule has 1 fully saturated rings. The fourth-order valence-corrected chi connectivity index (χ4v) is 4.12. The number of carbonyl (C=O) groups is 2. The van der Waals surface area contributed by atoms with Gasteiger partial charge in [-0.2, -0.15) is 0 Å². The number of allylic oxidation sites excluding steroid dienone is 3. The molecule has 0 spiro atoms. The number of halogens is 2. The van der Waals surface area contributed by atoms with Crippen LogP contribution in [0.4, 0.5) is 4.79 Å². The molecule has 2 aliphatic heterocycles. The molecule has 1 saturated heterocycles. The molecule has 2 aliphatic rings. The highest BCUT2D eigenvalue weighted by Gasteiger charge is 2.41. The van der Waals surface area contributed by atoms with Gasteiger partial charge in [-0.3, -0.25) is 4.79 Å². The SMILES string of the molecule is COC(=O)OC1=C2CCCN2C(C)=C(C(C)=O)C1c1cccc(Cl)c1Cl. The van der Waals surface area contributed by atoms with Gasteiger partial charge < -0.3 is 14.4 Å². The quantitative estimate of drug-likeness (QED) is 0.670. The van der Waals surface area contributed by atoms with Crippen molar-refractivity contribution in [1.82, 2.24) is 4.90 Å². The third-order valence-electron chi connectivity index (χ3n) is 4.78. The fraction of sp³-hybridized carbons (Fsp3) is 0.368. The van der Waals surface area contributed by atoms with Crippen LogP contribution in [-0.2, 0) is 14.3 Å². The second-order valence-electron chi connectivity index (χ2n) is 6.25. The summed E-state index contributed by atoms with van der Waals surface area (Å²) in [7, 11) is 1.25. The monoisotopic (exact) mass is 395 g/mol. The van der Waals surface area contributed by atoms with Crippen molar-refractivity contribution in [3.05, 3.63) is 56.5 Å². The van der Waals surface area contributed by atoms with Crippen molar-refractivity contribution in [3.8, 4) is 0 Å². The Morgan fingerprint density at radius 3 is 2.65 bits per heavy atom. The molecule has 0 bridgehead atoms. The lowest BCUT2D eigenvalue weighted by atomic mass is 9.82. The number of methoxy groups -OCH3 is 1. The van der Waals surface area contributed by atoms with Crippen molar-refractivity contribution < 1.29 is 19.1 Å². The Balaban J connectivity index is 2.26. The van der Waals surface area contributed by atoms with Gasteiger partial charge in [0.2, 0.25) is 0 Å². The zero-order chi connectivity index (χ0) is 19.0. The van der Waals surface area contributed by atoms with Crippen LogP contribution in [0.15, 0.2) is 40.9 Å². The van der Waals surface area contributed by atoms with Gasteiger partial charge in [0, 0.05) is 17.8 Å². The van der Waals surface area contributed by atoms with Gasteiger partial charge in [-0.15, -0.1) is 0 Å². The molecule has 7 heteroatoms. The molecule has 1 aromatic rings. The van der Waals surface area contributed by atoms with Gasteiger partial charge in [0.05, 0.1) is 28.8 Å². The van der Waals surface area contributed by atoms with Crippen molar-refractivity contribution in [2.45, 2.75) is 32.6 Å². The average Bonchev–Trinajstić information content (AvgIpc) is 3.09. The van der Waals surface area contributed by atoms with Crippen molar-refractivity contribution in [2.24, 2.45) is 0 Å². The number of Topliss-reactive ketones (excluding diaryl/α,β-unsaturated/α-hetero) is 1. The van der Waals surface area contributed by atoms with E-state index in [0.717, 1.165) is 30.8 Å². The molecule has 3 rings (SSSR count). The van der Waals surface area contributed by atoms with Crippen LogP contribution in [0.5, 0.6) is 0 Å². The maximum Gasteiger partial charge on any atom is 0.513 e. The number of ketones is 1. The van der Waals surface area contributed by atoms with Gasteiger partial charge in [-0.25, -0.2) is 4.79 Å². The molecule has 138 valence electrons. The van der Waals surface area contributed by atoms with Crippen molar-refractivity contribution in [1.29, 1.82) is 0 Å². The summed E-state index contributed by atoms with van der Waals surface area (Å²) in [5.41, 5.74) is 2.89. The normalized spacial score (nSPS) is 19.6. The zero-order valence-electron chi connectivity index (χ0n) is 14.8. The number of fused-ring (bicyclic) bond motifs is 1. The molecule has 5 nitrogen and oxygen atoms in total. The second-order valence-corrected chi connectivity index (χ2v) is 7.04. The Labute approximate surface area is 162 Å². The highest BCUT2D eigenvalue weighted by atomic mass is 35.5. The van der Waals surface area contributed by atoms with E-state index in [9.17, 15) is 9.59 Å². The predicted octanol–water partition coefficient (Wildman–Crippen LogP) is 5.04. The van der Waals surface area contributed by atoms with Crippen molar-refractivity contribution >= 4 is 35.1 Å². The lowest BCUT2D eigenvalue weighted by Gasteiger charge is -2.35. The Morgan fingerprint density at radius 1 is 1.27 bits per heavy atom. The number of ether oxygens (including phenoxy) is 2. The minimum absolute atomic E-state index is 0.111. The van der Waals surface area contributed by atoms with Crippen molar-refractivity contribution in [3.63, 3.8) is 0 Å². The second kappa shape index (κ2) is 7.33. The Hall–Kier alpha value is -1.98. The summed E-state index contributed by atoms with van der Waals surface area (Å²) in [6.07, 6.45) is 0.816. The molecular formula is C19H19Cl2NO4. The molecule has 0 radical (unpaired) electrons. The van der Waals surface area contributed by atoms with Crippen LogP contribution in [-0.4, -0.2) is 30.5 Å². The van der Waals surface area contributed by atoms with Gasteiger partial charge >= 0.3 is 6.16 Å². The van der Waals surface area contributed by atoms with Crippen LogP contribution in [0.2, 0.25) is 10.0 Å². The summed E-state index contributed by atoms with van der Waals surface area (Å²) in [5.74, 6) is -0.336. The molecular weight excluding hydrogens is 377 g/mol. The standard InChI is InChI=1S/C19H19Cl2NO4/c1-10-15(11(2)23)16(12-6-4-7-13(20)17(12)21)18(26-19(24)25-3)14-8-5-9-22(10)14/h4,6-7,16H,5,8-9H2,1-3H3. The summed E-state index contributed by atoms with van der Waals surface area (Å²) >= 11 is 12.6. The molecule has 1 atom stereocenters. The first-order valence-corrected chi connectivity index (χ1v) is 9.04. The summed E-state index contributed by atoms with van der Waals surface area (Å²) in [6, 6.07) is 5.23. The maximum absolute atomic E-state index is 12.5. The fourth-order valence-electron chi connectivity index (χ4n) is 3.70. The largest absolute Gasteiger partial charge is 0.513 e. The van der Waals surface area contributed by atoms with Crippen LogP contribution < -0.4 is 0 Å². The summed E-state index contributed by atoms with van der Waals surface area (Å²) in [6.45, 7) is 4.17. The van der Waals surface area contributed by atoms with Crippen molar-refractivity contribution in [2.75, 3.05) is 13.7 Å². The van der Waals surface area contributed by atoms with Crippen LogP contribution >= 0.6 is 23.2 Å². The van der Waals surface area contributed by atoms with E-state index in [4.69, 9.17) is 27.9 Å². The van der Waals surface area contributed by atoms with Crippen LogP contribution in [0.25, 0.3) is 0 Å². The Morgan fingerprint density at radius 2 is 2.00 bits per heavy atom. The molecule has 2 heterocycles. The van der Waals surface area contributed by atoms with Crippen LogP contribution in [0.3, 0.4) is 0 Å². The third-order valence-corrected chi connectivity index (χ3v) is 5.62.